The average molecular weight is 341 g/mol. The normalized spacial score (nSPS) is 13.7. The lowest BCUT2D eigenvalue weighted by molar-refractivity contribution is 0.409. The molecule has 1 aromatic heterocycles. The minimum absolute atomic E-state index is 0.578. The molecule has 0 atom stereocenters. The highest BCUT2D eigenvalue weighted by atomic mass is 32.1. The second-order valence-corrected chi connectivity index (χ2v) is 7.02. The van der Waals surface area contributed by atoms with Gasteiger partial charge in [0.1, 0.15) is 10.8 Å². The number of fused-ring (bicyclic) bond motifs is 1. The molecule has 0 saturated heterocycles. The van der Waals surface area contributed by atoms with Crippen molar-refractivity contribution in [1.82, 2.24) is 5.32 Å². The number of methoxy groups -OCH3 is 1. The summed E-state index contributed by atoms with van der Waals surface area (Å²) in [6.07, 6.45) is 3.43. The van der Waals surface area contributed by atoms with E-state index in [0.29, 0.717) is 12.4 Å². The van der Waals surface area contributed by atoms with Crippen LogP contribution in [0, 0.1) is 0 Å². The summed E-state index contributed by atoms with van der Waals surface area (Å²) in [5, 5.41) is 4.41. The Morgan fingerprint density at radius 1 is 1.38 bits per heavy atom. The van der Waals surface area contributed by atoms with Gasteiger partial charge < -0.3 is 15.8 Å². The van der Waals surface area contributed by atoms with Crippen molar-refractivity contribution < 1.29 is 4.74 Å². The molecule has 1 aromatic carbocycles. The second-order valence-electron chi connectivity index (χ2n) is 5.93. The number of rotatable bonds is 6. The zero-order valence-corrected chi connectivity index (χ0v) is 15.0. The molecule has 3 N–H and O–H groups in total. The Hall–Kier alpha value is -2.27. The van der Waals surface area contributed by atoms with Gasteiger partial charge in [-0.3, -0.25) is 0 Å². The standard InChI is InChI=1S/C19H23N3OS/c1-12(21-11-14-7-4-5-9-16(14)23-3)18-15-8-6-10-17(15)24-19(18)22-13(2)20/h4-5,7,9,21H,1,6,8,10-11H2,2-3H3,(H2,20,22). The number of aliphatic imine (C=N–C) groups is 1. The van der Waals surface area contributed by atoms with E-state index in [-0.39, 0.29) is 0 Å². The number of nitrogens with zero attached hydrogens (tertiary/aromatic N) is 1. The van der Waals surface area contributed by atoms with E-state index in [2.05, 4.69) is 23.0 Å². The first kappa shape index (κ1) is 16.6. The van der Waals surface area contributed by atoms with Crippen LogP contribution in [0.15, 0.2) is 35.8 Å². The van der Waals surface area contributed by atoms with Gasteiger partial charge in [-0.15, -0.1) is 11.3 Å². The minimum atomic E-state index is 0.578. The van der Waals surface area contributed by atoms with Gasteiger partial charge in [0.25, 0.3) is 0 Å². The summed E-state index contributed by atoms with van der Waals surface area (Å²) in [6, 6.07) is 8.01. The molecule has 0 bridgehead atoms. The van der Waals surface area contributed by atoms with Crippen LogP contribution in [0.4, 0.5) is 5.00 Å². The molecular formula is C19H23N3OS. The molecule has 3 rings (SSSR count). The van der Waals surface area contributed by atoms with Crippen LogP contribution >= 0.6 is 11.3 Å². The van der Waals surface area contributed by atoms with Crippen molar-refractivity contribution in [1.29, 1.82) is 0 Å². The van der Waals surface area contributed by atoms with Gasteiger partial charge >= 0.3 is 0 Å². The summed E-state index contributed by atoms with van der Waals surface area (Å²) >= 11 is 1.74. The third kappa shape index (κ3) is 3.31. The van der Waals surface area contributed by atoms with Gasteiger partial charge in [-0.2, -0.15) is 0 Å². The molecular weight excluding hydrogens is 318 g/mol. The van der Waals surface area contributed by atoms with Crippen LogP contribution < -0.4 is 15.8 Å². The quantitative estimate of drug-likeness (QED) is 0.616. The van der Waals surface area contributed by atoms with Crippen LogP contribution in [-0.4, -0.2) is 12.9 Å². The zero-order chi connectivity index (χ0) is 17.1. The number of nitrogens with two attached hydrogens (primary N) is 1. The summed E-state index contributed by atoms with van der Waals surface area (Å²) in [7, 11) is 1.69. The number of hydrogen-bond donors (Lipinski definition) is 2. The fraction of sp³-hybridized carbons (Fsp3) is 0.316. The Balaban J connectivity index is 1.84. The van der Waals surface area contributed by atoms with E-state index in [4.69, 9.17) is 10.5 Å². The molecule has 0 unspecified atom stereocenters. The van der Waals surface area contributed by atoms with Crippen LogP contribution in [-0.2, 0) is 19.4 Å². The number of hydrogen-bond acceptors (Lipinski definition) is 4. The van der Waals surface area contributed by atoms with E-state index < -0.39 is 0 Å². The van der Waals surface area contributed by atoms with Gasteiger partial charge in [-0.05, 0) is 37.8 Å². The molecule has 2 aromatic rings. The van der Waals surface area contributed by atoms with Crippen LogP contribution in [0.3, 0.4) is 0 Å². The number of amidine groups is 1. The summed E-state index contributed by atoms with van der Waals surface area (Å²) in [5.74, 6) is 1.46. The van der Waals surface area contributed by atoms with E-state index in [1.165, 1.54) is 16.9 Å². The SMILES string of the molecule is C=C(NCc1ccccc1OC)c1c(N=C(C)N)sc2c1CCC2. The van der Waals surface area contributed by atoms with Crippen LogP contribution in [0.1, 0.15) is 34.9 Å². The molecule has 0 fully saturated rings. The van der Waals surface area contributed by atoms with Crippen molar-refractivity contribution in [2.24, 2.45) is 10.7 Å². The summed E-state index contributed by atoms with van der Waals surface area (Å²) in [4.78, 5) is 5.94. The van der Waals surface area contributed by atoms with Crippen molar-refractivity contribution >= 4 is 27.9 Å². The summed E-state index contributed by atoms with van der Waals surface area (Å²) in [6.45, 7) is 6.74. The number of para-hydroxylation sites is 1. The van der Waals surface area contributed by atoms with Crippen molar-refractivity contribution in [3.63, 3.8) is 0 Å². The molecule has 0 radical (unpaired) electrons. The molecule has 0 aliphatic heterocycles. The first-order valence-corrected chi connectivity index (χ1v) is 8.92. The second kappa shape index (κ2) is 7.09. The molecule has 24 heavy (non-hydrogen) atoms. The first-order chi connectivity index (χ1) is 11.6. The van der Waals surface area contributed by atoms with Gasteiger partial charge in [0.2, 0.25) is 0 Å². The van der Waals surface area contributed by atoms with Crippen molar-refractivity contribution in [2.75, 3.05) is 7.11 Å². The maximum atomic E-state index is 5.81. The molecule has 1 heterocycles. The van der Waals surface area contributed by atoms with Gasteiger partial charge in [0.15, 0.2) is 0 Å². The van der Waals surface area contributed by atoms with Crippen molar-refractivity contribution in [3.8, 4) is 5.75 Å². The van der Waals surface area contributed by atoms with Gasteiger partial charge in [-0.1, -0.05) is 24.8 Å². The summed E-state index contributed by atoms with van der Waals surface area (Å²) < 4.78 is 5.41. The Morgan fingerprint density at radius 2 is 2.17 bits per heavy atom. The molecule has 1 aliphatic rings. The third-order valence-corrected chi connectivity index (χ3v) is 5.35. The molecule has 5 heteroatoms. The third-order valence-electron chi connectivity index (χ3n) is 4.17. The minimum Gasteiger partial charge on any atom is -0.496 e. The van der Waals surface area contributed by atoms with E-state index >= 15 is 0 Å². The predicted octanol–water partition coefficient (Wildman–Crippen LogP) is 4.01. The van der Waals surface area contributed by atoms with Crippen LogP contribution in [0.5, 0.6) is 5.75 Å². The molecule has 0 saturated carbocycles. The highest BCUT2D eigenvalue weighted by Crippen LogP contribution is 2.43. The zero-order valence-electron chi connectivity index (χ0n) is 14.2. The molecule has 1 aliphatic carbocycles. The number of ether oxygens (including phenoxy) is 1. The Bertz CT molecular complexity index is 788. The Morgan fingerprint density at radius 3 is 2.92 bits per heavy atom. The summed E-state index contributed by atoms with van der Waals surface area (Å²) in [5.41, 5.74) is 10.3. The predicted molar refractivity (Wildman–Crippen MR) is 102 cm³/mol. The highest BCUT2D eigenvalue weighted by molar-refractivity contribution is 7.16. The molecule has 126 valence electrons. The van der Waals surface area contributed by atoms with Crippen LogP contribution in [0.2, 0.25) is 0 Å². The lowest BCUT2D eigenvalue weighted by atomic mass is 10.1. The number of benzene rings is 1. The molecule has 0 spiro atoms. The number of nitrogens with one attached hydrogen (secondary N) is 1. The number of aryl methyl sites for hydroxylation is 1. The lowest BCUT2D eigenvalue weighted by Gasteiger charge is -2.13. The molecule has 4 nitrogen and oxygen atoms in total. The highest BCUT2D eigenvalue weighted by Gasteiger charge is 2.23. The number of thiophene rings is 1. The topological polar surface area (TPSA) is 59.6 Å². The van der Waals surface area contributed by atoms with Crippen molar-refractivity contribution in [2.45, 2.75) is 32.7 Å². The van der Waals surface area contributed by atoms with Gasteiger partial charge in [-0.25, -0.2) is 4.99 Å². The Kier molecular flexibility index (Phi) is 4.90. The van der Waals surface area contributed by atoms with E-state index in [0.717, 1.165) is 40.4 Å². The average Bonchev–Trinajstić information content (AvgIpc) is 3.12. The lowest BCUT2D eigenvalue weighted by Crippen LogP contribution is -2.12. The van der Waals surface area contributed by atoms with Gasteiger partial charge in [0, 0.05) is 28.2 Å². The molecule has 0 amide bonds. The fourth-order valence-corrected chi connectivity index (χ4v) is 4.42. The van der Waals surface area contributed by atoms with E-state index in [1.807, 2.05) is 25.1 Å². The fourth-order valence-electron chi connectivity index (χ4n) is 3.08. The Labute approximate surface area is 147 Å². The smallest absolute Gasteiger partial charge is 0.127 e. The van der Waals surface area contributed by atoms with Gasteiger partial charge in [0.05, 0.1) is 12.9 Å². The monoisotopic (exact) mass is 341 g/mol. The van der Waals surface area contributed by atoms with Crippen molar-refractivity contribution in [3.05, 3.63) is 52.4 Å². The van der Waals surface area contributed by atoms with E-state index in [1.54, 1.807) is 18.4 Å². The first-order valence-electron chi connectivity index (χ1n) is 8.10. The maximum absolute atomic E-state index is 5.81. The van der Waals surface area contributed by atoms with Crippen LogP contribution in [0.25, 0.3) is 5.70 Å². The maximum Gasteiger partial charge on any atom is 0.127 e. The largest absolute Gasteiger partial charge is 0.496 e. The van der Waals surface area contributed by atoms with E-state index in [9.17, 15) is 0 Å².